The molecule has 2 aromatic rings. The molecule has 2 amide bonds. The molecule has 0 aliphatic rings. The molecule has 0 saturated carbocycles. The molecule has 0 aliphatic carbocycles. The minimum atomic E-state index is -0.475. The third kappa shape index (κ3) is 3.35. The first-order valence-corrected chi connectivity index (χ1v) is 5.50. The summed E-state index contributed by atoms with van der Waals surface area (Å²) in [7, 11) is 1.49. The Kier molecular flexibility index (Phi) is 3.81. The summed E-state index contributed by atoms with van der Waals surface area (Å²) in [4.78, 5) is 24.7. The summed E-state index contributed by atoms with van der Waals surface area (Å²) in [5.74, 6) is -0.850. The average molecular weight is 260 g/mol. The van der Waals surface area contributed by atoms with E-state index in [1.807, 2.05) is 18.2 Å². The van der Waals surface area contributed by atoms with Crippen LogP contribution in [0.25, 0.3) is 0 Å². The lowest BCUT2D eigenvalue weighted by atomic mass is 10.3. The predicted octanol–water partition coefficient (Wildman–Crippen LogP) is -0.0896. The number of rotatable bonds is 4. The number of carbonyl (C=O) groups is 2. The van der Waals surface area contributed by atoms with Gasteiger partial charge in [0.2, 0.25) is 5.91 Å². The molecule has 0 atom stereocenters. The fraction of sp³-hybridized carbons (Fsp3) is 0.182. The van der Waals surface area contributed by atoms with Crippen molar-refractivity contribution < 1.29 is 9.59 Å². The van der Waals surface area contributed by atoms with Crippen molar-refractivity contribution in [1.29, 1.82) is 0 Å². The summed E-state index contributed by atoms with van der Waals surface area (Å²) in [6, 6.07) is 8.99. The molecular weight excluding hydrogens is 248 g/mol. The van der Waals surface area contributed by atoms with Crippen molar-refractivity contribution in [3.63, 3.8) is 0 Å². The van der Waals surface area contributed by atoms with E-state index in [0.29, 0.717) is 5.69 Å². The molecule has 19 heavy (non-hydrogen) atoms. The zero-order valence-electron chi connectivity index (χ0n) is 10.2. The summed E-state index contributed by atoms with van der Waals surface area (Å²) in [6.45, 7) is -0.0950. The van der Waals surface area contributed by atoms with Gasteiger partial charge in [0.05, 0.1) is 6.54 Å². The van der Waals surface area contributed by atoms with Crippen molar-refractivity contribution in [2.45, 2.75) is 0 Å². The van der Waals surface area contributed by atoms with Crippen molar-refractivity contribution in [2.75, 3.05) is 18.9 Å². The molecule has 0 unspecified atom stereocenters. The number of benzene rings is 1. The molecule has 1 aromatic carbocycles. The fourth-order valence-corrected chi connectivity index (χ4v) is 1.43. The highest BCUT2D eigenvalue weighted by atomic mass is 16.2. The van der Waals surface area contributed by atoms with E-state index in [2.05, 4.69) is 25.9 Å². The number of amides is 2. The molecule has 2 rings (SSSR count). The molecule has 0 spiro atoms. The molecule has 0 saturated heterocycles. The minimum Gasteiger partial charge on any atom is -0.330 e. The van der Waals surface area contributed by atoms with Crippen molar-refractivity contribution in [3.8, 4) is 0 Å². The topological polar surface area (TPSA) is 104 Å². The Bertz CT molecular complexity index is 554. The lowest BCUT2D eigenvalue weighted by Gasteiger charge is -2.14. The Hall–Kier alpha value is -2.77. The number of aromatic nitrogens is 4. The highest BCUT2D eigenvalue weighted by Gasteiger charge is 2.18. The number of hydrogen-bond acceptors (Lipinski definition) is 5. The third-order valence-corrected chi connectivity index (χ3v) is 2.32. The monoisotopic (exact) mass is 260 g/mol. The van der Waals surface area contributed by atoms with Crippen molar-refractivity contribution in [3.05, 3.63) is 36.2 Å². The van der Waals surface area contributed by atoms with Gasteiger partial charge >= 0.3 is 0 Å². The van der Waals surface area contributed by atoms with Crippen molar-refractivity contribution in [2.24, 2.45) is 0 Å². The van der Waals surface area contributed by atoms with E-state index in [1.165, 1.54) is 11.9 Å². The van der Waals surface area contributed by atoms with E-state index < -0.39 is 5.91 Å². The molecule has 1 heterocycles. The van der Waals surface area contributed by atoms with E-state index in [0.717, 1.165) is 0 Å². The third-order valence-electron chi connectivity index (χ3n) is 2.32. The average Bonchev–Trinajstić information content (AvgIpc) is 2.92. The number of tetrazole rings is 1. The maximum atomic E-state index is 11.8. The molecule has 98 valence electrons. The Morgan fingerprint density at radius 3 is 2.68 bits per heavy atom. The largest absolute Gasteiger partial charge is 0.330 e. The number of nitrogens with one attached hydrogen (secondary N) is 2. The molecule has 0 aliphatic heterocycles. The first-order chi connectivity index (χ1) is 9.16. The number of nitrogens with zero attached hydrogens (tertiary/aromatic N) is 4. The highest BCUT2D eigenvalue weighted by Crippen LogP contribution is 2.05. The molecule has 0 bridgehead atoms. The van der Waals surface area contributed by atoms with Crippen molar-refractivity contribution >= 4 is 17.5 Å². The van der Waals surface area contributed by atoms with Crippen LogP contribution in [0.4, 0.5) is 5.69 Å². The van der Waals surface area contributed by atoms with Gasteiger partial charge in [-0.25, -0.2) is 0 Å². The smallest absolute Gasteiger partial charge is 0.295 e. The zero-order chi connectivity index (χ0) is 13.7. The summed E-state index contributed by atoms with van der Waals surface area (Å²) in [5, 5.41) is 15.3. The van der Waals surface area contributed by atoms with Gasteiger partial charge in [0.25, 0.3) is 11.7 Å². The number of anilines is 1. The summed E-state index contributed by atoms with van der Waals surface area (Å²) in [6.07, 6.45) is 0. The Labute approximate surface area is 108 Å². The number of carbonyl (C=O) groups excluding carboxylic acids is 2. The van der Waals surface area contributed by atoms with Crippen LogP contribution < -0.4 is 5.32 Å². The minimum absolute atomic E-state index is 0.0741. The quantitative estimate of drug-likeness (QED) is 0.799. The number of aromatic amines is 1. The van der Waals surface area contributed by atoms with Crippen LogP contribution in [0.5, 0.6) is 0 Å². The van der Waals surface area contributed by atoms with Crippen LogP contribution in [0.15, 0.2) is 30.3 Å². The molecule has 8 nitrogen and oxygen atoms in total. The maximum Gasteiger partial charge on any atom is 0.295 e. The molecule has 0 radical (unpaired) electrons. The maximum absolute atomic E-state index is 11.8. The van der Waals surface area contributed by atoms with E-state index >= 15 is 0 Å². The number of para-hydroxylation sites is 1. The SMILES string of the molecule is CN(CC(=O)Nc1ccccc1)C(=O)c1nn[nH]n1. The van der Waals surface area contributed by atoms with Crippen molar-refractivity contribution in [1.82, 2.24) is 25.5 Å². The van der Waals surface area contributed by atoms with Crippen LogP contribution in [0.3, 0.4) is 0 Å². The van der Waals surface area contributed by atoms with Gasteiger partial charge in [0.1, 0.15) is 0 Å². The summed E-state index contributed by atoms with van der Waals surface area (Å²) in [5.41, 5.74) is 0.674. The first-order valence-electron chi connectivity index (χ1n) is 5.50. The van der Waals surface area contributed by atoms with Gasteiger partial charge in [-0.3, -0.25) is 9.59 Å². The van der Waals surface area contributed by atoms with E-state index in [9.17, 15) is 9.59 Å². The van der Waals surface area contributed by atoms with Crippen LogP contribution >= 0.6 is 0 Å². The summed E-state index contributed by atoms with van der Waals surface area (Å²) >= 11 is 0. The van der Waals surface area contributed by atoms with Gasteiger partial charge in [-0.2, -0.15) is 5.21 Å². The van der Waals surface area contributed by atoms with Gasteiger partial charge in [0.15, 0.2) is 0 Å². The number of likely N-dealkylation sites (N-methyl/N-ethyl adjacent to an activating group) is 1. The Balaban J connectivity index is 1.90. The van der Waals surface area contributed by atoms with Gasteiger partial charge in [-0.1, -0.05) is 18.2 Å². The first kappa shape index (κ1) is 12.7. The van der Waals surface area contributed by atoms with Crippen LogP contribution in [-0.4, -0.2) is 50.9 Å². The lowest BCUT2D eigenvalue weighted by molar-refractivity contribution is -0.116. The second-order valence-corrected chi connectivity index (χ2v) is 3.81. The van der Waals surface area contributed by atoms with E-state index in [-0.39, 0.29) is 18.3 Å². The van der Waals surface area contributed by atoms with E-state index in [4.69, 9.17) is 0 Å². The molecule has 1 aromatic heterocycles. The predicted molar refractivity (Wildman–Crippen MR) is 66.2 cm³/mol. The van der Waals surface area contributed by atoms with E-state index in [1.54, 1.807) is 12.1 Å². The van der Waals surface area contributed by atoms with Gasteiger partial charge in [-0.15, -0.1) is 10.2 Å². The molecule has 8 heteroatoms. The Morgan fingerprint density at radius 1 is 1.32 bits per heavy atom. The Morgan fingerprint density at radius 2 is 2.05 bits per heavy atom. The van der Waals surface area contributed by atoms with Gasteiger partial charge in [-0.05, 0) is 17.3 Å². The fourth-order valence-electron chi connectivity index (χ4n) is 1.43. The highest BCUT2D eigenvalue weighted by molar-refractivity contribution is 5.97. The van der Waals surface area contributed by atoms with Gasteiger partial charge < -0.3 is 10.2 Å². The number of hydrogen-bond donors (Lipinski definition) is 2. The molecule has 0 fully saturated rings. The van der Waals surface area contributed by atoms with Crippen LogP contribution in [0, 0.1) is 0 Å². The van der Waals surface area contributed by atoms with Crippen LogP contribution in [0.1, 0.15) is 10.6 Å². The number of H-pyrrole nitrogens is 1. The van der Waals surface area contributed by atoms with Crippen LogP contribution in [-0.2, 0) is 4.79 Å². The molecular formula is C11H12N6O2. The normalized spacial score (nSPS) is 9.95. The second-order valence-electron chi connectivity index (χ2n) is 3.81. The summed E-state index contributed by atoms with van der Waals surface area (Å²) < 4.78 is 0. The molecule has 2 N–H and O–H groups in total. The second kappa shape index (κ2) is 5.71. The van der Waals surface area contributed by atoms with Crippen LogP contribution in [0.2, 0.25) is 0 Å². The standard InChI is InChI=1S/C11H12N6O2/c1-17(11(19)10-13-15-16-14-10)7-9(18)12-8-5-3-2-4-6-8/h2-6H,7H2,1H3,(H,12,18)(H,13,14,15,16). The zero-order valence-corrected chi connectivity index (χ0v) is 10.2. The van der Waals surface area contributed by atoms with Gasteiger partial charge in [0, 0.05) is 12.7 Å². The lowest BCUT2D eigenvalue weighted by Crippen LogP contribution is -2.35.